The lowest BCUT2D eigenvalue weighted by Gasteiger charge is -2.43. The fourth-order valence-corrected chi connectivity index (χ4v) is 8.03. The maximum Gasteiger partial charge on any atom is 0.339 e. The second kappa shape index (κ2) is 12.1. The Balaban J connectivity index is 1.81. The summed E-state index contributed by atoms with van der Waals surface area (Å²) in [6.45, 7) is 4.25. The molecule has 3 unspecified atom stereocenters. The molecule has 0 saturated carbocycles. The second-order valence-electron chi connectivity index (χ2n) is 11.7. The largest absolute Gasteiger partial charge is 0.497 e. The van der Waals surface area contributed by atoms with Gasteiger partial charge in [0.25, 0.3) is 5.91 Å². The van der Waals surface area contributed by atoms with Crippen LogP contribution in [-0.4, -0.2) is 74.1 Å². The molecule has 6 rings (SSSR count). The van der Waals surface area contributed by atoms with Crippen LogP contribution in [0.1, 0.15) is 37.5 Å². The summed E-state index contributed by atoms with van der Waals surface area (Å²) in [4.78, 5) is 77.1. The molecule has 0 radical (unpaired) electrons. The quantitative estimate of drug-likeness (QED) is 0.207. The first-order valence-electron chi connectivity index (χ1n) is 15.8. The van der Waals surface area contributed by atoms with E-state index in [1.165, 1.54) is 24.0 Å². The Morgan fingerprint density at radius 3 is 2.06 bits per heavy atom. The highest BCUT2D eigenvalue weighted by Gasteiger charge is 2.89. The van der Waals surface area contributed by atoms with Crippen molar-refractivity contribution in [2.24, 2.45) is 5.92 Å². The molecule has 3 heterocycles. The van der Waals surface area contributed by atoms with Crippen LogP contribution in [0.25, 0.3) is 0 Å². The van der Waals surface area contributed by atoms with Gasteiger partial charge in [-0.3, -0.25) is 19.3 Å². The number of para-hydroxylation sites is 1. The van der Waals surface area contributed by atoms with Crippen molar-refractivity contribution < 1.29 is 42.9 Å². The Bertz CT molecular complexity index is 1790. The minimum Gasteiger partial charge on any atom is -0.497 e. The third kappa shape index (κ3) is 4.01. The number of likely N-dealkylation sites (N-methyl/N-ethyl adjacent to an activating group) is 1. The highest BCUT2D eigenvalue weighted by molar-refractivity contribution is 6.24. The van der Waals surface area contributed by atoms with Crippen molar-refractivity contribution in [3.8, 4) is 5.75 Å². The molecular formula is C36H37N3O9. The van der Waals surface area contributed by atoms with Gasteiger partial charge < -0.3 is 29.2 Å². The van der Waals surface area contributed by atoms with Gasteiger partial charge in [0.15, 0.2) is 0 Å². The van der Waals surface area contributed by atoms with Crippen LogP contribution in [0, 0.1) is 5.92 Å². The Kier molecular flexibility index (Phi) is 8.24. The number of fused-ring (bicyclic) bond motifs is 5. The molecule has 3 aromatic carbocycles. The zero-order valence-electron chi connectivity index (χ0n) is 27.4. The van der Waals surface area contributed by atoms with Crippen LogP contribution in [0.15, 0.2) is 72.8 Å². The van der Waals surface area contributed by atoms with Crippen molar-refractivity contribution in [2.45, 2.75) is 43.8 Å². The molecule has 1 fully saturated rings. The van der Waals surface area contributed by atoms with Crippen LogP contribution in [0.5, 0.6) is 5.75 Å². The predicted molar refractivity (Wildman–Crippen MR) is 173 cm³/mol. The number of nitrogens with one attached hydrogen (secondary N) is 1. The molecule has 12 nitrogen and oxygen atoms in total. The van der Waals surface area contributed by atoms with Crippen LogP contribution in [-0.2, 0) is 55.7 Å². The summed E-state index contributed by atoms with van der Waals surface area (Å²) in [6.07, 6.45) is 0. The molecule has 3 aliphatic heterocycles. The van der Waals surface area contributed by atoms with Crippen LogP contribution in [0.2, 0.25) is 0 Å². The van der Waals surface area contributed by atoms with E-state index in [1.54, 1.807) is 63.2 Å². The zero-order chi connectivity index (χ0) is 34.4. The number of anilines is 2. The molecule has 1 N–H and O–H groups in total. The van der Waals surface area contributed by atoms with E-state index >= 15 is 9.59 Å². The summed E-state index contributed by atoms with van der Waals surface area (Å²) < 4.78 is 22.3. The van der Waals surface area contributed by atoms with Gasteiger partial charge >= 0.3 is 17.9 Å². The fraction of sp³-hybridized carbons (Fsp3) is 0.361. The van der Waals surface area contributed by atoms with E-state index in [1.807, 2.05) is 30.3 Å². The van der Waals surface area contributed by atoms with Gasteiger partial charge in [-0.1, -0.05) is 54.6 Å². The number of rotatable bonds is 9. The van der Waals surface area contributed by atoms with Gasteiger partial charge in [-0.25, -0.2) is 9.59 Å². The van der Waals surface area contributed by atoms with Gasteiger partial charge in [-0.05, 0) is 51.1 Å². The monoisotopic (exact) mass is 655 g/mol. The first-order valence-corrected chi connectivity index (χ1v) is 15.8. The summed E-state index contributed by atoms with van der Waals surface area (Å²) >= 11 is 0. The lowest BCUT2D eigenvalue weighted by atomic mass is 9.57. The SMILES string of the molecule is CCOC(=O)C1C(C(=O)OCC)(C(=O)OCC)N(C)C2(C(=O)N(Cc3ccccc3)c3cc(OC)ccc32)C12C(=O)Nc1ccccc12. The number of ether oxygens (including phenoxy) is 4. The van der Waals surface area contributed by atoms with E-state index in [2.05, 4.69) is 5.32 Å². The van der Waals surface area contributed by atoms with Gasteiger partial charge in [0.1, 0.15) is 22.6 Å². The molecular weight excluding hydrogens is 618 g/mol. The molecule has 3 atom stereocenters. The zero-order valence-corrected chi connectivity index (χ0v) is 27.4. The first kappa shape index (κ1) is 32.7. The van der Waals surface area contributed by atoms with Gasteiger partial charge in [0, 0.05) is 17.3 Å². The van der Waals surface area contributed by atoms with Crippen LogP contribution in [0.3, 0.4) is 0 Å². The normalized spacial score (nSPS) is 23.5. The first-order chi connectivity index (χ1) is 23.1. The molecule has 2 amide bonds. The summed E-state index contributed by atoms with van der Waals surface area (Å²) in [6, 6.07) is 20.8. The fourth-order valence-electron chi connectivity index (χ4n) is 8.03. The van der Waals surface area contributed by atoms with Crippen molar-refractivity contribution >= 4 is 41.1 Å². The van der Waals surface area contributed by atoms with Crippen molar-refractivity contribution in [3.63, 3.8) is 0 Å². The van der Waals surface area contributed by atoms with E-state index in [0.29, 0.717) is 17.1 Å². The standard InChI is InChI=1S/C36H37N3O9/c1-6-46-29(40)28-34(24-16-12-13-17-26(24)37-30(34)41)36(38(4)35(28,32(43)47-7-2)33(44)48-8-3)25-19-18-23(45-5)20-27(25)39(31(36)42)21-22-14-10-9-11-15-22/h9-20,28H,6-8,21H2,1-5H3,(H,37,41). The van der Waals surface area contributed by atoms with Crippen molar-refractivity contribution in [1.82, 2.24) is 4.90 Å². The molecule has 48 heavy (non-hydrogen) atoms. The number of carbonyl (C=O) groups is 5. The van der Waals surface area contributed by atoms with Crippen molar-refractivity contribution in [3.05, 3.63) is 89.5 Å². The lowest BCUT2D eigenvalue weighted by Crippen LogP contribution is -2.65. The molecule has 2 spiro atoms. The van der Waals surface area contributed by atoms with E-state index in [0.717, 1.165) is 5.56 Å². The average Bonchev–Trinajstić information content (AvgIpc) is 3.60. The lowest BCUT2D eigenvalue weighted by molar-refractivity contribution is -0.183. The predicted octanol–water partition coefficient (Wildman–Crippen LogP) is 3.32. The minimum atomic E-state index is -2.65. The number of hydrogen-bond donors (Lipinski definition) is 1. The Morgan fingerprint density at radius 1 is 0.812 bits per heavy atom. The Labute approximate surface area is 277 Å². The van der Waals surface area contributed by atoms with Gasteiger partial charge in [0.05, 0.1) is 39.2 Å². The third-order valence-electron chi connectivity index (χ3n) is 9.73. The van der Waals surface area contributed by atoms with Crippen LogP contribution in [0.4, 0.5) is 11.4 Å². The van der Waals surface area contributed by atoms with Gasteiger partial charge in [0.2, 0.25) is 11.4 Å². The highest BCUT2D eigenvalue weighted by atomic mass is 16.6. The van der Waals surface area contributed by atoms with Gasteiger partial charge in [-0.15, -0.1) is 0 Å². The third-order valence-corrected chi connectivity index (χ3v) is 9.73. The number of hydrogen-bond acceptors (Lipinski definition) is 10. The van der Waals surface area contributed by atoms with Crippen LogP contribution < -0.4 is 15.0 Å². The highest BCUT2D eigenvalue weighted by Crippen LogP contribution is 2.69. The number of esters is 3. The molecule has 0 bridgehead atoms. The van der Waals surface area contributed by atoms with Crippen LogP contribution >= 0.6 is 0 Å². The maximum absolute atomic E-state index is 15.7. The molecule has 12 heteroatoms. The summed E-state index contributed by atoms with van der Waals surface area (Å²) in [5, 5.41) is 2.87. The van der Waals surface area contributed by atoms with Crippen molar-refractivity contribution in [1.29, 1.82) is 0 Å². The smallest absolute Gasteiger partial charge is 0.339 e. The molecule has 0 aliphatic carbocycles. The van der Waals surface area contributed by atoms with E-state index < -0.39 is 52.1 Å². The number of amides is 2. The Hall–Kier alpha value is -5.23. The molecule has 3 aliphatic rings. The van der Waals surface area contributed by atoms with Crippen molar-refractivity contribution in [2.75, 3.05) is 44.2 Å². The maximum atomic E-state index is 15.7. The summed E-state index contributed by atoms with van der Waals surface area (Å²) in [7, 11) is 2.88. The Morgan fingerprint density at radius 2 is 1.44 bits per heavy atom. The second-order valence-corrected chi connectivity index (χ2v) is 11.7. The van der Waals surface area contributed by atoms with E-state index in [9.17, 15) is 14.4 Å². The molecule has 3 aromatic rings. The van der Waals surface area contributed by atoms with E-state index in [4.69, 9.17) is 18.9 Å². The number of benzene rings is 3. The average molecular weight is 656 g/mol. The summed E-state index contributed by atoms with van der Waals surface area (Å²) in [5.41, 5.74) is -5.09. The number of methoxy groups -OCH3 is 1. The topological polar surface area (TPSA) is 141 Å². The minimum absolute atomic E-state index is 0.0602. The molecule has 0 aromatic heterocycles. The number of nitrogens with zero attached hydrogens (tertiary/aromatic N) is 2. The molecule has 1 saturated heterocycles. The summed E-state index contributed by atoms with van der Waals surface area (Å²) in [5.74, 6) is -6.27. The number of carbonyl (C=O) groups excluding carboxylic acids is 5. The van der Waals surface area contributed by atoms with E-state index in [-0.39, 0.29) is 37.5 Å². The number of likely N-dealkylation sites (tertiary alicyclic amines) is 1. The molecule has 250 valence electrons. The van der Waals surface area contributed by atoms with Gasteiger partial charge in [-0.2, -0.15) is 0 Å².